The van der Waals surface area contributed by atoms with Crippen LogP contribution in [0, 0.1) is 6.92 Å². The Kier molecular flexibility index (Phi) is 5.33. The summed E-state index contributed by atoms with van der Waals surface area (Å²) in [6, 6.07) is 5.79. The lowest BCUT2D eigenvalue weighted by Crippen LogP contribution is -2.29. The average Bonchev–Trinajstić information content (AvgIpc) is 2.60. The number of halogens is 1. The largest absolute Gasteiger partial charge is 0.492 e. The van der Waals surface area contributed by atoms with E-state index in [-0.39, 0.29) is 0 Å². The van der Waals surface area contributed by atoms with Crippen molar-refractivity contribution in [1.29, 1.82) is 0 Å². The smallest absolute Gasteiger partial charge is 0.122 e. The van der Waals surface area contributed by atoms with Crippen LogP contribution in [0.25, 0.3) is 0 Å². The van der Waals surface area contributed by atoms with Crippen molar-refractivity contribution in [1.82, 2.24) is 4.90 Å². The van der Waals surface area contributed by atoms with Crippen molar-refractivity contribution in [3.63, 3.8) is 0 Å². The molecular weight excluding hydrogens is 246 g/mol. The first-order chi connectivity index (χ1) is 8.75. The molecular formula is C15H22ClNO. The molecule has 1 aliphatic rings. The summed E-state index contributed by atoms with van der Waals surface area (Å²) in [5.41, 5.74) is 1.11. The Morgan fingerprint density at radius 1 is 1.17 bits per heavy atom. The van der Waals surface area contributed by atoms with Gasteiger partial charge < -0.3 is 4.74 Å². The number of hydrogen-bond acceptors (Lipinski definition) is 2. The number of hydrogen-bond donors (Lipinski definition) is 0. The molecule has 0 bridgehead atoms. The van der Waals surface area contributed by atoms with E-state index in [1.165, 1.54) is 38.8 Å². The van der Waals surface area contributed by atoms with Crippen LogP contribution < -0.4 is 4.74 Å². The second kappa shape index (κ2) is 7.01. The van der Waals surface area contributed by atoms with Crippen molar-refractivity contribution in [2.24, 2.45) is 0 Å². The molecule has 0 spiro atoms. The van der Waals surface area contributed by atoms with Crippen LogP contribution in [0.4, 0.5) is 0 Å². The van der Waals surface area contributed by atoms with Gasteiger partial charge in [-0.05, 0) is 56.6 Å². The Morgan fingerprint density at radius 2 is 1.89 bits per heavy atom. The van der Waals surface area contributed by atoms with Crippen LogP contribution >= 0.6 is 11.6 Å². The van der Waals surface area contributed by atoms with Crippen molar-refractivity contribution < 1.29 is 4.74 Å². The van der Waals surface area contributed by atoms with E-state index in [1.807, 2.05) is 25.1 Å². The number of ether oxygens (including phenoxy) is 1. The lowest BCUT2D eigenvalue weighted by Gasteiger charge is -2.20. The maximum absolute atomic E-state index is 5.93. The normalized spacial score (nSPS) is 17.4. The fourth-order valence-corrected chi connectivity index (χ4v) is 2.65. The van der Waals surface area contributed by atoms with Gasteiger partial charge in [0.25, 0.3) is 0 Å². The molecule has 1 saturated heterocycles. The molecule has 2 nitrogen and oxygen atoms in total. The minimum absolute atomic E-state index is 0.766. The van der Waals surface area contributed by atoms with Crippen LogP contribution in [-0.4, -0.2) is 31.1 Å². The average molecular weight is 268 g/mol. The molecule has 0 atom stereocenters. The van der Waals surface area contributed by atoms with Crippen LogP contribution in [-0.2, 0) is 0 Å². The highest BCUT2D eigenvalue weighted by Crippen LogP contribution is 2.21. The second-order valence-electron chi connectivity index (χ2n) is 5.01. The maximum atomic E-state index is 5.93. The second-order valence-corrected chi connectivity index (χ2v) is 5.45. The monoisotopic (exact) mass is 267 g/mol. The van der Waals surface area contributed by atoms with Gasteiger partial charge in [0.2, 0.25) is 0 Å². The summed E-state index contributed by atoms with van der Waals surface area (Å²) in [6.45, 7) is 6.28. The molecule has 18 heavy (non-hydrogen) atoms. The summed E-state index contributed by atoms with van der Waals surface area (Å²) in [6.07, 6.45) is 5.43. The fourth-order valence-electron chi connectivity index (χ4n) is 2.42. The van der Waals surface area contributed by atoms with Crippen molar-refractivity contribution in [2.45, 2.75) is 32.6 Å². The Morgan fingerprint density at radius 3 is 2.56 bits per heavy atom. The van der Waals surface area contributed by atoms with Gasteiger partial charge in [0.05, 0.1) is 0 Å². The van der Waals surface area contributed by atoms with E-state index in [4.69, 9.17) is 16.3 Å². The maximum Gasteiger partial charge on any atom is 0.122 e. The fraction of sp³-hybridized carbons (Fsp3) is 0.600. The third kappa shape index (κ3) is 4.18. The summed E-state index contributed by atoms with van der Waals surface area (Å²) >= 11 is 5.93. The summed E-state index contributed by atoms with van der Waals surface area (Å²) in [5, 5.41) is 0.771. The highest BCUT2D eigenvalue weighted by molar-refractivity contribution is 6.30. The van der Waals surface area contributed by atoms with Gasteiger partial charge in [-0.1, -0.05) is 24.4 Å². The van der Waals surface area contributed by atoms with Crippen molar-refractivity contribution in [3.8, 4) is 5.75 Å². The predicted octanol–water partition coefficient (Wildman–Crippen LogP) is 3.90. The van der Waals surface area contributed by atoms with E-state index < -0.39 is 0 Å². The molecule has 1 aliphatic heterocycles. The van der Waals surface area contributed by atoms with Gasteiger partial charge in [-0.15, -0.1) is 0 Å². The van der Waals surface area contributed by atoms with Crippen molar-refractivity contribution in [2.75, 3.05) is 26.2 Å². The molecule has 0 N–H and O–H groups in total. The van der Waals surface area contributed by atoms with Gasteiger partial charge in [-0.2, -0.15) is 0 Å². The topological polar surface area (TPSA) is 12.5 Å². The lowest BCUT2D eigenvalue weighted by molar-refractivity contribution is 0.213. The predicted molar refractivity (Wildman–Crippen MR) is 76.6 cm³/mol. The number of rotatable bonds is 4. The minimum atomic E-state index is 0.766. The highest BCUT2D eigenvalue weighted by Gasteiger charge is 2.09. The zero-order valence-corrected chi connectivity index (χ0v) is 11.9. The molecule has 100 valence electrons. The first-order valence-electron chi connectivity index (χ1n) is 6.87. The van der Waals surface area contributed by atoms with E-state index in [9.17, 15) is 0 Å². The summed E-state index contributed by atoms with van der Waals surface area (Å²) in [7, 11) is 0. The molecule has 3 heteroatoms. The van der Waals surface area contributed by atoms with Crippen LogP contribution in [0.2, 0.25) is 5.02 Å². The summed E-state index contributed by atoms with van der Waals surface area (Å²) < 4.78 is 5.84. The van der Waals surface area contributed by atoms with Gasteiger partial charge in [-0.25, -0.2) is 0 Å². The SMILES string of the molecule is Cc1cc(Cl)ccc1OCCN1CCCCCC1. The van der Waals surface area contributed by atoms with Crippen molar-refractivity contribution >= 4 is 11.6 Å². The molecule has 0 aromatic heterocycles. The van der Waals surface area contributed by atoms with Gasteiger partial charge in [0.15, 0.2) is 0 Å². The van der Waals surface area contributed by atoms with Gasteiger partial charge >= 0.3 is 0 Å². The van der Waals surface area contributed by atoms with E-state index in [2.05, 4.69) is 4.90 Å². The third-order valence-corrected chi connectivity index (χ3v) is 3.74. The molecule has 0 amide bonds. The van der Waals surface area contributed by atoms with Crippen LogP contribution in [0.3, 0.4) is 0 Å². The van der Waals surface area contributed by atoms with Crippen LogP contribution in [0.15, 0.2) is 18.2 Å². The molecule has 0 radical (unpaired) electrons. The van der Waals surface area contributed by atoms with Gasteiger partial charge in [0.1, 0.15) is 12.4 Å². The Bertz CT molecular complexity index is 373. The Hall–Kier alpha value is -0.730. The molecule has 1 fully saturated rings. The molecule has 1 heterocycles. The lowest BCUT2D eigenvalue weighted by atomic mass is 10.2. The Balaban J connectivity index is 1.77. The van der Waals surface area contributed by atoms with E-state index >= 15 is 0 Å². The summed E-state index contributed by atoms with van der Waals surface area (Å²) in [5.74, 6) is 0.953. The van der Waals surface area contributed by atoms with Crippen LogP contribution in [0.5, 0.6) is 5.75 Å². The van der Waals surface area contributed by atoms with Crippen molar-refractivity contribution in [3.05, 3.63) is 28.8 Å². The van der Waals surface area contributed by atoms with Gasteiger partial charge in [0, 0.05) is 11.6 Å². The zero-order valence-electron chi connectivity index (χ0n) is 11.1. The molecule has 1 aromatic rings. The number of aryl methyl sites for hydroxylation is 1. The number of likely N-dealkylation sites (tertiary alicyclic amines) is 1. The van der Waals surface area contributed by atoms with E-state index in [0.717, 1.165) is 29.5 Å². The molecule has 2 rings (SSSR count). The number of nitrogens with zero attached hydrogens (tertiary/aromatic N) is 1. The van der Waals surface area contributed by atoms with Crippen LogP contribution in [0.1, 0.15) is 31.2 Å². The van der Waals surface area contributed by atoms with E-state index in [0.29, 0.717) is 0 Å². The van der Waals surface area contributed by atoms with E-state index in [1.54, 1.807) is 0 Å². The quantitative estimate of drug-likeness (QED) is 0.820. The van der Waals surface area contributed by atoms with Gasteiger partial charge in [-0.3, -0.25) is 4.90 Å². The Labute approximate surface area is 115 Å². The summed E-state index contributed by atoms with van der Waals surface area (Å²) in [4.78, 5) is 2.51. The third-order valence-electron chi connectivity index (χ3n) is 3.50. The first kappa shape index (κ1) is 13.7. The molecule has 1 aromatic carbocycles. The molecule has 0 aliphatic carbocycles. The molecule has 0 saturated carbocycles. The number of benzene rings is 1. The standard InChI is InChI=1S/C15H22ClNO/c1-13-12-14(16)6-7-15(13)18-11-10-17-8-4-2-3-5-9-17/h6-7,12H,2-5,8-11H2,1H3. The highest BCUT2D eigenvalue weighted by atomic mass is 35.5. The first-order valence-corrected chi connectivity index (χ1v) is 7.25. The minimum Gasteiger partial charge on any atom is -0.492 e. The molecule has 0 unspecified atom stereocenters. The zero-order chi connectivity index (χ0) is 12.8.